The van der Waals surface area contributed by atoms with E-state index >= 15 is 0 Å². The summed E-state index contributed by atoms with van der Waals surface area (Å²) in [5, 5.41) is 11.0. The van der Waals surface area contributed by atoms with Crippen molar-refractivity contribution < 1.29 is 13.2 Å². The summed E-state index contributed by atoms with van der Waals surface area (Å²) >= 11 is 1.11. The highest BCUT2D eigenvalue weighted by atomic mass is 32.1. The van der Waals surface area contributed by atoms with Crippen molar-refractivity contribution in [2.75, 3.05) is 31.1 Å². The molecule has 0 radical (unpaired) electrons. The van der Waals surface area contributed by atoms with Crippen molar-refractivity contribution in [2.45, 2.75) is 33.0 Å². The maximum Gasteiger partial charge on any atom is 0.393 e. The zero-order valence-electron chi connectivity index (χ0n) is 20.0. The second-order valence-corrected chi connectivity index (χ2v) is 11.2. The minimum Gasteiger partial charge on any atom is -0.355 e. The fraction of sp³-hybridized carbons (Fsp3) is 0.423. The third-order valence-corrected chi connectivity index (χ3v) is 8.50. The molecule has 36 heavy (non-hydrogen) atoms. The molecular weight excluding hydrogens is 485 g/mol. The van der Waals surface area contributed by atoms with Gasteiger partial charge in [-0.05, 0) is 55.0 Å². The number of rotatable bonds is 4. The van der Waals surface area contributed by atoms with Crippen molar-refractivity contribution in [3.8, 4) is 6.07 Å². The fourth-order valence-electron chi connectivity index (χ4n) is 5.84. The number of nitrogens with one attached hydrogen (secondary N) is 1. The van der Waals surface area contributed by atoms with E-state index in [9.17, 15) is 18.4 Å². The number of aryl methyl sites for hydroxylation is 2. The molecule has 0 amide bonds. The number of fused-ring (bicyclic) bond motifs is 3. The van der Waals surface area contributed by atoms with Gasteiger partial charge in [0.1, 0.15) is 28.2 Å². The molecule has 1 N–H and O–H groups in total. The molecule has 2 fully saturated rings. The molecule has 186 valence electrons. The van der Waals surface area contributed by atoms with E-state index < -0.39 is 12.6 Å². The molecule has 3 aromatic heterocycles. The Hall–Kier alpha value is -3.16. The number of aromatic nitrogens is 3. The highest BCUT2D eigenvalue weighted by Gasteiger charge is 2.41. The topological polar surface area (TPSA) is 71.8 Å². The molecule has 1 aromatic carbocycles. The number of nitriles is 1. The first-order chi connectivity index (χ1) is 17.2. The van der Waals surface area contributed by atoms with E-state index in [4.69, 9.17) is 0 Å². The van der Waals surface area contributed by atoms with Gasteiger partial charge in [-0.2, -0.15) is 18.4 Å². The van der Waals surface area contributed by atoms with Gasteiger partial charge in [0, 0.05) is 48.5 Å². The van der Waals surface area contributed by atoms with Gasteiger partial charge in [0.2, 0.25) is 0 Å². The first-order valence-electron chi connectivity index (χ1n) is 12.0. The van der Waals surface area contributed by atoms with Crippen molar-refractivity contribution >= 4 is 38.3 Å². The number of halogens is 3. The van der Waals surface area contributed by atoms with Gasteiger partial charge >= 0.3 is 6.18 Å². The molecule has 2 atom stereocenters. The lowest BCUT2D eigenvalue weighted by atomic mass is 10.0. The molecule has 0 spiro atoms. The van der Waals surface area contributed by atoms with Gasteiger partial charge in [-0.15, -0.1) is 11.3 Å². The van der Waals surface area contributed by atoms with Crippen LogP contribution in [-0.2, 0) is 13.0 Å². The van der Waals surface area contributed by atoms with Crippen LogP contribution in [0.5, 0.6) is 0 Å². The smallest absolute Gasteiger partial charge is 0.355 e. The number of aromatic amines is 1. The second-order valence-electron chi connectivity index (χ2n) is 10.0. The lowest BCUT2D eigenvalue weighted by molar-refractivity contribution is -0.126. The van der Waals surface area contributed by atoms with Gasteiger partial charge in [-0.1, -0.05) is 6.07 Å². The first kappa shape index (κ1) is 23.3. The molecule has 2 aliphatic rings. The maximum absolute atomic E-state index is 13.0. The lowest BCUT2D eigenvalue weighted by Crippen LogP contribution is -2.29. The zero-order chi connectivity index (χ0) is 25.2. The van der Waals surface area contributed by atoms with E-state index in [1.54, 1.807) is 13.0 Å². The molecule has 5 heterocycles. The molecule has 0 aliphatic carbocycles. The Morgan fingerprint density at radius 1 is 1.08 bits per heavy atom. The van der Waals surface area contributed by atoms with Crippen molar-refractivity contribution in [3.63, 3.8) is 0 Å². The summed E-state index contributed by atoms with van der Waals surface area (Å²) in [6.45, 7) is 8.42. The minimum atomic E-state index is -4.24. The Labute approximate surface area is 210 Å². The first-order valence-corrected chi connectivity index (χ1v) is 12.8. The number of thiophene rings is 1. The van der Waals surface area contributed by atoms with Crippen LogP contribution in [0.25, 0.3) is 21.1 Å². The Bertz CT molecular complexity index is 1500. The number of anilines is 1. The van der Waals surface area contributed by atoms with E-state index in [1.807, 2.05) is 12.1 Å². The molecule has 2 aliphatic heterocycles. The van der Waals surface area contributed by atoms with Crippen LogP contribution in [-0.4, -0.2) is 52.2 Å². The van der Waals surface area contributed by atoms with Crippen molar-refractivity contribution in [1.29, 1.82) is 5.26 Å². The average Bonchev–Trinajstić information content (AvgIpc) is 3.55. The van der Waals surface area contributed by atoms with Crippen molar-refractivity contribution in [3.05, 3.63) is 51.8 Å². The summed E-state index contributed by atoms with van der Waals surface area (Å²) in [5.74, 6) is 2.34. The van der Waals surface area contributed by atoms with Gasteiger partial charge in [0.25, 0.3) is 0 Å². The van der Waals surface area contributed by atoms with Gasteiger partial charge in [-0.3, -0.25) is 4.90 Å². The standard InChI is InChI=1S/C26H25F3N6S/c1-14-16(3-4-23-21(14)5-19(8-30)33-23)9-34-10-17-12-35(13-18(17)11-34)24-22-6-20(7-26(27,28)29)36-25(22)32-15(2)31-24/h3-6,17-18,33H,7,9-13H2,1-2H3. The molecule has 6 rings (SSSR count). The highest BCUT2D eigenvalue weighted by molar-refractivity contribution is 7.18. The second kappa shape index (κ2) is 8.46. The third kappa shape index (κ3) is 4.20. The Morgan fingerprint density at radius 3 is 2.53 bits per heavy atom. The van der Waals surface area contributed by atoms with Gasteiger partial charge in [-0.25, -0.2) is 9.97 Å². The summed E-state index contributed by atoms with van der Waals surface area (Å²) in [6.07, 6.45) is -5.17. The SMILES string of the molecule is Cc1nc(N2CC3CN(Cc4ccc5[nH]c(C#N)cc5c4C)CC3C2)c2cc(CC(F)(F)F)sc2n1. The van der Waals surface area contributed by atoms with E-state index in [0.717, 1.165) is 66.2 Å². The van der Waals surface area contributed by atoms with Gasteiger partial charge < -0.3 is 9.88 Å². The number of H-pyrrole nitrogens is 1. The molecule has 0 bridgehead atoms. The average molecular weight is 511 g/mol. The highest BCUT2D eigenvalue weighted by Crippen LogP contribution is 2.39. The fourth-order valence-corrected chi connectivity index (χ4v) is 6.94. The third-order valence-electron chi connectivity index (χ3n) is 7.47. The monoisotopic (exact) mass is 510 g/mol. The quantitative estimate of drug-likeness (QED) is 0.402. The largest absolute Gasteiger partial charge is 0.393 e. The maximum atomic E-state index is 13.0. The normalized spacial score (nSPS) is 20.5. The number of likely N-dealkylation sites (tertiary alicyclic amines) is 1. The number of alkyl halides is 3. The Morgan fingerprint density at radius 2 is 1.83 bits per heavy atom. The number of hydrogen-bond acceptors (Lipinski definition) is 6. The minimum absolute atomic E-state index is 0.279. The Kier molecular flexibility index (Phi) is 5.46. The summed E-state index contributed by atoms with van der Waals surface area (Å²) in [6, 6.07) is 9.91. The summed E-state index contributed by atoms with van der Waals surface area (Å²) in [5.41, 5.74) is 4.03. The molecular formula is C26H25F3N6S. The van der Waals surface area contributed by atoms with Crippen LogP contribution in [0.4, 0.5) is 19.0 Å². The van der Waals surface area contributed by atoms with Crippen LogP contribution in [0.15, 0.2) is 24.3 Å². The van der Waals surface area contributed by atoms with E-state index in [0.29, 0.717) is 28.2 Å². The number of hydrogen-bond donors (Lipinski definition) is 1. The predicted octanol–water partition coefficient (Wildman–Crippen LogP) is 5.33. The van der Waals surface area contributed by atoms with Crippen LogP contribution in [0.2, 0.25) is 0 Å². The van der Waals surface area contributed by atoms with Crippen LogP contribution in [0.3, 0.4) is 0 Å². The van der Waals surface area contributed by atoms with E-state index in [2.05, 4.69) is 43.8 Å². The molecule has 2 saturated heterocycles. The lowest BCUT2D eigenvalue weighted by Gasteiger charge is -2.23. The summed E-state index contributed by atoms with van der Waals surface area (Å²) in [4.78, 5) is 17.9. The molecule has 4 aromatic rings. The summed E-state index contributed by atoms with van der Waals surface area (Å²) < 4.78 is 38.9. The van der Waals surface area contributed by atoms with Gasteiger partial charge in [0.15, 0.2) is 0 Å². The summed E-state index contributed by atoms with van der Waals surface area (Å²) in [7, 11) is 0. The molecule has 2 unspecified atom stereocenters. The van der Waals surface area contributed by atoms with Crippen molar-refractivity contribution in [2.24, 2.45) is 11.8 Å². The van der Waals surface area contributed by atoms with E-state index in [1.165, 1.54) is 11.1 Å². The predicted molar refractivity (Wildman–Crippen MR) is 134 cm³/mol. The van der Waals surface area contributed by atoms with Crippen LogP contribution in [0, 0.1) is 37.0 Å². The molecule has 0 saturated carbocycles. The molecule has 6 nitrogen and oxygen atoms in total. The van der Waals surface area contributed by atoms with Crippen LogP contribution < -0.4 is 4.90 Å². The van der Waals surface area contributed by atoms with Crippen LogP contribution in [0.1, 0.15) is 27.5 Å². The van der Waals surface area contributed by atoms with Gasteiger partial charge in [0.05, 0.1) is 11.8 Å². The molecule has 10 heteroatoms. The number of nitrogens with zero attached hydrogens (tertiary/aromatic N) is 5. The van der Waals surface area contributed by atoms with Crippen LogP contribution >= 0.6 is 11.3 Å². The van der Waals surface area contributed by atoms with Crippen molar-refractivity contribution in [1.82, 2.24) is 19.9 Å². The van der Waals surface area contributed by atoms with E-state index in [-0.39, 0.29) is 4.88 Å². The Balaban J connectivity index is 1.18. The number of benzene rings is 1. The zero-order valence-corrected chi connectivity index (χ0v) is 20.8.